The maximum atomic E-state index is 13.2. The van der Waals surface area contributed by atoms with E-state index in [1.54, 1.807) is 24.3 Å². The van der Waals surface area contributed by atoms with Crippen LogP contribution in [0.25, 0.3) is 5.69 Å². The Hall–Kier alpha value is -3.08. The molecular weight excluding hydrogens is 345 g/mol. The summed E-state index contributed by atoms with van der Waals surface area (Å²) in [4.78, 5) is 12.6. The summed E-state index contributed by atoms with van der Waals surface area (Å²) in [7, 11) is 0. The molecule has 1 aromatic heterocycles. The van der Waals surface area contributed by atoms with Crippen LogP contribution >= 0.6 is 0 Å². The minimum absolute atomic E-state index is 0.0539. The molecule has 0 spiro atoms. The van der Waals surface area contributed by atoms with Crippen molar-refractivity contribution in [3.63, 3.8) is 0 Å². The fourth-order valence-electron chi connectivity index (χ4n) is 3.06. The lowest BCUT2D eigenvalue weighted by molar-refractivity contribution is 0.0921. The van der Waals surface area contributed by atoms with E-state index in [9.17, 15) is 9.18 Å². The summed E-state index contributed by atoms with van der Waals surface area (Å²) >= 11 is 0. The third-order valence-electron chi connectivity index (χ3n) is 4.32. The van der Waals surface area contributed by atoms with Gasteiger partial charge in [0.25, 0.3) is 0 Å². The predicted molar refractivity (Wildman–Crippen MR) is 103 cm³/mol. The smallest absolute Gasteiger partial charge is 0.202 e. The van der Waals surface area contributed by atoms with E-state index < -0.39 is 0 Å². The summed E-state index contributed by atoms with van der Waals surface area (Å²) in [5.41, 5.74) is 3.13. The molecule has 0 bridgehead atoms. The fourth-order valence-corrected chi connectivity index (χ4v) is 3.06. The van der Waals surface area contributed by atoms with Crippen molar-refractivity contribution in [1.29, 1.82) is 0 Å². The lowest BCUT2D eigenvalue weighted by Crippen LogP contribution is -2.12. The number of Topliss-reactive ketones (excluding diaryl/α,β-unsaturated/α-hetero) is 1. The number of carbonyl (C=O) groups is 1. The quantitative estimate of drug-likeness (QED) is 0.558. The average molecular weight is 367 g/mol. The Morgan fingerprint density at radius 2 is 1.56 bits per heavy atom. The summed E-state index contributed by atoms with van der Waals surface area (Å²) in [6.45, 7) is 6.26. The topological polar surface area (TPSA) is 40.5 Å². The SMILES string of the molecule is CCOc1ccc(OCC(=O)c2cc(C)n(-c3ccc(F)cc3)c2C)cc1. The first-order valence-corrected chi connectivity index (χ1v) is 8.83. The molecule has 140 valence electrons. The van der Waals surface area contributed by atoms with Crippen LogP contribution in [0.4, 0.5) is 4.39 Å². The molecule has 0 amide bonds. The minimum atomic E-state index is -0.290. The molecule has 2 aromatic carbocycles. The third kappa shape index (κ3) is 4.19. The van der Waals surface area contributed by atoms with Crippen molar-refractivity contribution in [2.45, 2.75) is 20.8 Å². The van der Waals surface area contributed by atoms with Gasteiger partial charge in [-0.3, -0.25) is 4.79 Å². The lowest BCUT2D eigenvalue weighted by atomic mass is 10.1. The predicted octanol–water partition coefficient (Wildman–Crippen LogP) is 4.89. The van der Waals surface area contributed by atoms with Crippen molar-refractivity contribution in [1.82, 2.24) is 4.57 Å². The van der Waals surface area contributed by atoms with E-state index in [1.165, 1.54) is 12.1 Å². The van der Waals surface area contributed by atoms with Crippen LogP contribution in [0.15, 0.2) is 54.6 Å². The highest BCUT2D eigenvalue weighted by Gasteiger charge is 2.17. The Labute approximate surface area is 158 Å². The zero-order valence-corrected chi connectivity index (χ0v) is 15.7. The molecule has 0 saturated heterocycles. The average Bonchev–Trinajstić information content (AvgIpc) is 2.96. The van der Waals surface area contributed by atoms with E-state index in [0.717, 1.165) is 22.8 Å². The van der Waals surface area contributed by atoms with Gasteiger partial charge in [0.2, 0.25) is 5.78 Å². The molecule has 0 aliphatic rings. The first kappa shape index (κ1) is 18.7. The normalized spacial score (nSPS) is 10.7. The summed E-state index contributed by atoms with van der Waals surface area (Å²) in [6.07, 6.45) is 0. The van der Waals surface area contributed by atoms with Gasteiger partial charge in [-0.1, -0.05) is 0 Å². The van der Waals surface area contributed by atoms with E-state index >= 15 is 0 Å². The van der Waals surface area contributed by atoms with Crippen LogP contribution in [0, 0.1) is 19.7 Å². The van der Waals surface area contributed by atoms with Crippen LogP contribution in [0.2, 0.25) is 0 Å². The highest BCUT2D eigenvalue weighted by Crippen LogP contribution is 2.22. The molecule has 0 radical (unpaired) electrons. The van der Waals surface area contributed by atoms with Gasteiger partial charge < -0.3 is 14.0 Å². The van der Waals surface area contributed by atoms with Gasteiger partial charge in [0.15, 0.2) is 6.61 Å². The number of ether oxygens (including phenoxy) is 2. The number of aromatic nitrogens is 1. The maximum Gasteiger partial charge on any atom is 0.202 e. The van der Waals surface area contributed by atoms with Gasteiger partial charge >= 0.3 is 0 Å². The van der Waals surface area contributed by atoms with Gasteiger partial charge in [-0.2, -0.15) is 0 Å². The van der Waals surface area contributed by atoms with Crippen molar-refractivity contribution in [3.8, 4) is 17.2 Å². The molecule has 5 heteroatoms. The summed E-state index contributed by atoms with van der Waals surface area (Å²) in [6, 6.07) is 15.2. The first-order chi connectivity index (χ1) is 13.0. The van der Waals surface area contributed by atoms with Gasteiger partial charge in [0.05, 0.1) is 6.61 Å². The summed E-state index contributed by atoms with van der Waals surface area (Å²) < 4.78 is 26.1. The van der Waals surface area contributed by atoms with Crippen molar-refractivity contribution in [2.75, 3.05) is 13.2 Å². The number of carbonyl (C=O) groups excluding carboxylic acids is 1. The summed E-state index contributed by atoms with van der Waals surface area (Å²) in [5.74, 6) is 0.977. The molecule has 0 N–H and O–H groups in total. The Morgan fingerprint density at radius 1 is 0.963 bits per heavy atom. The van der Waals surface area contributed by atoms with Gasteiger partial charge in [-0.05, 0) is 75.4 Å². The Balaban J connectivity index is 1.73. The zero-order valence-electron chi connectivity index (χ0n) is 15.7. The number of ketones is 1. The highest BCUT2D eigenvalue weighted by atomic mass is 19.1. The van der Waals surface area contributed by atoms with Crippen LogP contribution in [0.5, 0.6) is 11.5 Å². The van der Waals surface area contributed by atoms with Crippen LogP contribution in [-0.4, -0.2) is 23.6 Å². The van der Waals surface area contributed by atoms with E-state index in [1.807, 2.05) is 43.5 Å². The molecule has 0 fully saturated rings. The molecule has 4 nitrogen and oxygen atoms in total. The van der Waals surface area contributed by atoms with Crippen molar-refractivity contribution in [3.05, 3.63) is 77.4 Å². The van der Waals surface area contributed by atoms with Crippen molar-refractivity contribution >= 4 is 5.78 Å². The molecule has 3 aromatic rings. The highest BCUT2D eigenvalue weighted by molar-refractivity contribution is 5.98. The number of nitrogens with zero attached hydrogens (tertiary/aromatic N) is 1. The second-order valence-electron chi connectivity index (χ2n) is 6.21. The molecular formula is C22H22FNO3. The number of benzene rings is 2. The number of hydrogen-bond donors (Lipinski definition) is 0. The number of hydrogen-bond acceptors (Lipinski definition) is 3. The fraction of sp³-hybridized carbons (Fsp3) is 0.227. The largest absolute Gasteiger partial charge is 0.494 e. The Bertz CT molecular complexity index is 927. The van der Waals surface area contributed by atoms with Crippen molar-refractivity contribution in [2.24, 2.45) is 0 Å². The van der Waals surface area contributed by atoms with Gasteiger partial charge in [-0.25, -0.2) is 4.39 Å². The van der Waals surface area contributed by atoms with Gasteiger partial charge in [-0.15, -0.1) is 0 Å². The van der Waals surface area contributed by atoms with E-state index in [0.29, 0.717) is 17.9 Å². The van der Waals surface area contributed by atoms with E-state index in [-0.39, 0.29) is 18.2 Å². The molecule has 0 aliphatic heterocycles. The number of rotatable bonds is 7. The van der Waals surface area contributed by atoms with Gasteiger partial charge in [0, 0.05) is 22.6 Å². The lowest BCUT2D eigenvalue weighted by Gasteiger charge is -2.10. The molecule has 1 heterocycles. The Kier molecular flexibility index (Phi) is 5.60. The van der Waals surface area contributed by atoms with E-state index in [4.69, 9.17) is 9.47 Å². The standard InChI is InChI=1S/C22H22FNO3/c1-4-26-19-9-11-20(12-10-19)27-14-22(25)21-13-15(2)24(16(21)3)18-7-5-17(23)6-8-18/h5-13H,4,14H2,1-3H3. The Morgan fingerprint density at radius 3 is 2.15 bits per heavy atom. The van der Waals surface area contributed by atoms with Gasteiger partial charge in [0.1, 0.15) is 17.3 Å². The van der Waals surface area contributed by atoms with E-state index in [2.05, 4.69) is 0 Å². The van der Waals surface area contributed by atoms with Crippen molar-refractivity contribution < 1.29 is 18.7 Å². The maximum absolute atomic E-state index is 13.2. The second-order valence-corrected chi connectivity index (χ2v) is 6.21. The van der Waals surface area contributed by atoms with Crippen LogP contribution < -0.4 is 9.47 Å². The first-order valence-electron chi connectivity index (χ1n) is 8.83. The molecule has 27 heavy (non-hydrogen) atoms. The molecule has 0 atom stereocenters. The number of aryl methyl sites for hydroxylation is 1. The third-order valence-corrected chi connectivity index (χ3v) is 4.32. The monoisotopic (exact) mass is 367 g/mol. The summed E-state index contributed by atoms with van der Waals surface area (Å²) in [5, 5.41) is 0. The minimum Gasteiger partial charge on any atom is -0.494 e. The molecule has 0 saturated carbocycles. The van der Waals surface area contributed by atoms with Crippen LogP contribution in [0.1, 0.15) is 28.7 Å². The van der Waals surface area contributed by atoms with Crippen LogP contribution in [0.3, 0.4) is 0 Å². The van der Waals surface area contributed by atoms with Crippen LogP contribution in [-0.2, 0) is 0 Å². The number of halogens is 1. The molecule has 3 rings (SSSR count). The second kappa shape index (κ2) is 8.08. The molecule has 0 aliphatic carbocycles. The zero-order chi connectivity index (χ0) is 19.4. The molecule has 0 unspecified atom stereocenters.